The van der Waals surface area contributed by atoms with Crippen molar-refractivity contribution >= 4 is 33.2 Å². The highest BCUT2D eigenvalue weighted by atomic mass is 79.9. The van der Waals surface area contributed by atoms with Crippen molar-refractivity contribution in [2.75, 3.05) is 5.32 Å². The topological polar surface area (TPSA) is 25.2 Å². The van der Waals surface area contributed by atoms with Crippen LogP contribution >= 0.6 is 27.5 Å². The maximum absolute atomic E-state index is 12.9. The van der Waals surface area contributed by atoms with Gasteiger partial charge in [-0.3, -0.25) is 0 Å². The standard InChI is InChI=1S/C11H8BrClFNO/c12-11-4-2-8(16-11)6-15-10-5-7(14)1-3-9(10)13/h1-5,15H,6H2. The van der Waals surface area contributed by atoms with Gasteiger partial charge in [-0.1, -0.05) is 11.6 Å². The molecule has 0 aliphatic rings. The van der Waals surface area contributed by atoms with Crippen LogP contribution in [-0.4, -0.2) is 0 Å². The number of halogens is 3. The van der Waals surface area contributed by atoms with Crippen molar-refractivity contribution < 1.29 is 8.81 Å². The van der Waals surface area contributed by atoms with E-state index in [9.17, 15) is 4.39 Å². The molecule has 0 atom stereocenters. The summed E-state index contributed by atoms with van der Waals surface area (Å²) in [6, 6.07) is 7.79. The molecule has 0 spiro atoms. The Morgan fingerprint density at radius 1 is 1.31 bits per heavy atom. The van der Waals surface area contributed by atoms with Crippen LogP contribution in [0.2, 0.25) is 5.02 Å². The van der Waals surface area contributed by atoms with E-state index in [0.29, 0.717) is 21.9 Å². The Hall–Kier alpha value is -1.000. The van der Waals surface area contributed by atoms with E-state index >= 15 is 0 Å². The molecule has 2 nitrogen and oxygen atoms in total. The summed E-state index contributed by atoms with van der Waals surface area (Å²) >= 11 is 9.10. The highest BCUT2D eigenvalue weighted by Gasteiger charge is 2.03. The zero-order valence-electron chi connectivity index (χ0n) is 8.14. The van der Waals surface area contributed by atoms with Crippen LogP contribution in [0.25, 0.3) is 0 Å². The maximum atomic E-state index is 12.9. The quantitative estimate of drug-likeness (QED) is 0.906. The molecule has 1 heterocycles. The number of benzene rings is 1. The average molecular weight is 305 g/mol. The first-order valence-electron chi connectivity index (χ1n) is 4.58. The third-order valence-corrected chi connectivity index (χ3v) is 2.77. The summed E-state index contributed by atoms with van der Waals surface area (Å²) in [6.45, 7) is 0.453. The summed E-state index contributed by atoms with van der Waals surface area (Å²) in [5, 5.41) is 3.48. The van der Waals surface area contributed by atoms with E-state index in [-0.39, 0.29) is 5.82 Å². The molecule has 0 saturated carbocycles. The number of hydrogen-bond donors (Lipinski definition) is 1. The van der Waals surface area contributed by atoms with E-state index in [0.717, 1.165) is 5.76 Å². The SMILES string of the molecule is Fc1ccc(Cl)c(NCc2ccc(Br)o2)c1. The molecular formula is C11H8BrClFNO. The van der Waals surface area contributed by atoms with Crippen molar-refractivity contribution in [3.63, 3.8) is 0 Å². The molecule has 0 unspecified atom stereocenters. The van der Waals surface area contributed by atoms with E-state index in [1.165, 1.54) is 18.2 Å². The normalized spacial score (nSPS) is 10.4. The van der Waals surface area contributed by atoms with Crippen LogP contribution in [0.5, 0.6) is 0 Å². The number of nitrogens with one attached hydrogen (secondary N) is 1. The minimum absolute atomic E-state index is 0.326. The van der Waals surface area contributed by atoms with Crippen molar-refractivity contribution in [1.82, 2.24) is 0 Å². The molecule has 1 aromatic heterocycles. The predicted octanol–water partition coefficient (Wildman–Crippen LogP) is 4.45. The Morgan fingerprint density at radius 2 is 2.12 bits per heavy atom. The van der Waals surface area contributed by atoms with Gasteiger partial charge in [-0.15, -0.1) is 0 Å². The van der Waals surface area contributed by atoms with E-state index in [4.69, 9.17) is 16.0 Å². The van der Waals surface area contributed by atoms with Crippen molar-refractivity contribution in [1.29, 1.82) is 0 Å². The molecule has 0 fully saturated rings. The molecule has 16 heavy (non-hydrogen) atoms. The van der Waals surface area contributed by atoms with Crippen molar-refractivity contribution in [3.8, 4) is 0 Å². The molecular weight excluding hydrogens is 296 g/mol. The lowest BCUT2D eigenvalue weighted by Crippen LogP contribution is -1.99. The fraction of sp³-hybridized carbons (Fsp3) is 0.0909. The Morgan fingerprint density at radius 3 is 2.81 bits per heavy atom. The van der Waals surface area contributed by atoms with Crippen LogP contribution in [0, 0.1) is 5.82 Å². The summed E-state index contributed by atoms with van der Waals surface area (Å²) < 4.78 is 18.9. The highest BCUT2D eigenvalue weighted by Crippen LogP contribution is 2.23. The van der Waals surface area contributed by atoms with Gasteiger partial charge in [0.25, 0.3) is 0 Å². The Labute approximate surface area is 106 Å². The van der Waals surface area contributed by atoms with Gasteiger partial charge in [0.1, 0.15) is 11.6 Å². The number of anilines is 1. The summed E-state index contributed by atoms with van der Waals surface area (Å²) in [4.78, 5) is 0. The molecule has 0 radical (unpaired) electrons. The van der Waals surface area contributed by atoms with Crippen LogP contribution in [0.15, 0.2) is 39.4 Å². The van der Waals surface area contributed by atoms with Crippen LogP contribution in [0.1, 0.15) is 5.76 Å². The van der Waals surface area contributed by atoms with Gasteiger partial charge >= 0.3 is 0 Å². The lowest BCUT2D eigenvalue weighted by atomic mass is 10.3. The van der Waals surface area contributed by atoms with Gasteiger partial charge in [0.05, 0.1) is 17.3 Å². The minimum Gasteiger partial charge on any atom is -0.452 e. The first-order chi connectivity index (χ1) is 7.65. The maximum Gasteiger partial charge on any atom is 0.169 e. The lowest BCUT2D eigenvalue weighted by Gasteiger charge is -2.06. The Balaban J connectivity index is 2.07. The van der Waals surface area contributed by atoms with Gasteiger partial charge in [0.2, 0.25) is 0 Å². The number of rotatable bonds is 3. The lowest BCUT2D eigenvalue weighted by molar-refractivity contribution is 0.495. The zero-order valence-corrected chi connectivity index (χ0v) is 10.5. The number of hydrogen-bond acceptors (Lipinski definition) is 2. The number of furan rings is 1. The molecule has 0 amide bonds. The van der Waals surface area contributed by atoms with Gasteiger partial charge in [0, 0.05) is 0 Å². The molecule has 0 saturated heterocycles. The van der Waals surface area contributed by atoms with Gasteiger partial charge in [0.15, 0.2) is 4.67 Å². The third-order valence-electron chi connectivity index (χ3n) is 2.01. The van der Waals surface area contributed by atoms with Gasteiger partial charge in [-0.05, 0) is 46.3 Å². The summed E-state index contributed by atoms with van der Waals surface area (Å²) in [5.74, 6) is 0.416. The van der Waals surface area contributed by atoms with Gasteiger partial charge in [-0.2, -0.15) is 0 Å². The predicted molar refractivity (Wildman–Crippen MR) is 65.1 cm³/mol. The smallest absolute Gasteiger partial charge is 0.169 e. The van der Waals surface area contributed by atoms with Crippen LogP contribution < -0.4 is 5.32 Å². The Bertz CT molecular complexity index is 500. The highest BCUT2D eigenvalue weighted by molar-refractivity contribution is 9.10. The molecule has 0 bridgehead atoms. The van der Waals surface area contributed by atoms with E-state index < -0.39 is 0 Å². The first kappa shape index (κ1) is 11.5. The molecule has 1 aromatic carbocycles. The van der Waals surface area contributed by atoms with E-state index in [1.807, 2.05) is 6.07 Å². The second kappa shape index (κ2) is 4.89. The average Bonchev–Trinajstić information content (AvgIpc) is 2.66. The third kappa shape index (κ3) is 2.77. The fourth-order valence-electron chi connectivity index (χ4n) is 1.26. The minimum atomic E-state index is -0.326. The summed E-state index contributed by atoms with van der Waals surface area (Å²) in [5.41, 5.74) is 0.550. The van der Waals surface area contributed by atoms with Crippen LogP contribution in [0.4, 0.5) is 10.1 Å². The summed E-state index contributed by atoms with van der Waals surface area (Å²) in [7, 11) is 0. The monoisotopic (exact) mass is 303 g/mol. The van der Waals surface area contributed by atoms with Crippen LogP contribution in [0.3, 0.4) is 0 Å². The van der Waals surface area contributed by atoms with Gasteiger partial charge < -0.3 is 9.73 Å². The Kier molecular flexibility index (Phi) is 3.51. The van der Waals surface area contributed by atoms with Crippen molar-refractivity contribution in [3.05, 3.63) is 51.6 Å². The molecule has 5 heteroatoms. The molecule has 0 aliphatic carbocycles. The van der Waals surface area contributed by atoms with E-state index in [1.54, 1.807) is 6.07 Å². The molecule has 2 aromatic rings. The van der Waals surface area contributed by atoms with Crippen LogP contribution in [-0.2, 0) is 6.54 Å². The summed E-state index contributed by atoms with van der Waals surface area (Å²) in [6.07, 6.45) is 0. The zero-order chi connectivity index (χ0) is 11.5. The van der Waals surface area contributed by atoms with Gasteiger partial charge in [-0.25, -0.2) is 4.39 Å². The largest absolute Gasteiger partial charge is 0.452 e. The van der Waals surface area contributed by atoms with E-state index in [2.05, 4.69) is 21.2 Å². The molecule has 1 N–H and O–H groups in total. The molecule has 84 valence electrons. The van der Waals surface area contributed by atoms with Crippen molar-refractivity contribution in [2.45, 2.75) is 6.54 Å². The molecule has 0 aliphatic heterocycles. The fourth-order valence-corrected chi connectivity index (χ4v) is 1.79. The first-order valence-corrected chi connectivity index (χ1v) is 5.75. The second-order valence-corrected chi connectivity index (χ2v) is 4.37. The second-order valence-electron chi connectivity index (χ2n) is 3.18. The molecule has 2 rings (SSSR count). The van der Waals surface area contributed by atoms with Crippen molar-refractivity contribution in [2.24, 2.45) is 0 Å².